The van der Waals surface area contributed by atoms with Crippen LogP contribution in [0.3, 0.4) is 0 Å². The molecule has 0 fully saturated rings. The Morgan fingerprint density at radius 2 is 1.38 bits per heavy atom. The molecule has 0 N–H and O–H groups in total. The molecule has 0 bridgehead atoms. The van der Waals surface area contributed by atoms with E-state index in [2.05, 4.69) is 85.3 Å². The number of benzene rings is 4. The second-order valence-electron chi connectivity index (χ2n) is 6.63. The Morgan fingerprint density at radius 3 is 2.17 bits per heavy atom. The fourth-order valence-corrected chi connectivity index (χ4v) is 4.08. The van der Waals surface area contributed by atoms with Crippen molar-refractivity contribution in [3.8, 4) is 0 Å². The molecule has 0 saturated heterocycles. The molecule has 1 nitrogen and oxygen atoms in total. The van der Waals surface area contributed by atoms with Gasteiger partial charge in [0, 0.05) is 23.5 Å². The molecule has 4 aromatic carbocycles. The topological polar surface area (TPSA) is 4.93 Å². The summed E-state index contributed by atoms with van der Waals surface area (Å²) in [5.74, 6) is 0. The molecule has 1 heterocycles. The predicted octanol–water partition coefficient (Wildman–Crippen LogP) is 6.20. The highest BCUT2D eigenvalue weighted by Crippen LogP contribution is 2.34. The van der Waals surface area contributed by atoms with E-state index in [-0.39, 0.29) is 0 Å². The van der Waals surface area contributed by atoms with Crippen LogP contribution in [0.2, 0.25) is 0 Å². The highest BCUT2D eigenvalue weighted by molar-refractivity contribution is 6.18. The minimum absolute atomic E-state index is 1.06. The molecule has 5 aromatic rings. The Balaban J connectivity index is 1.98. The Bertz CT molecular complexity index is 1240. The van der Waals surface area contributed by atoms with E-state index >= 15 is 0 Å². The number of aryl methyl sites for hydroxylation is 2. The van der Waals surface area contributed by atoms with Crippen LogP contribution in [-0.4, -0.2) is 4.57 Å². The van der Waals surface area contributed by atoms with Crippen molar-refractivity contribution in [3.63, 3.8) is 0 Å². The number of hydrogen-bond acceptors (Lipinski definition) is 0. The van der Waals surface area contributed by atoms with Gasteiger partial charge >= 0.3 is 0 Å². The summed E-state index contributed by atoms with van der Waals surface area (Å²) in [4.78, 5) is 0. The van der Waals surface area contributed by atoms with Crippen LogP contribution in [0.25, 0.3) is 43.2 Å². The molecule has 0 spiro atoms. The van der Waals surface area contributed by atoms with Gasteiger partial charge in [0.1, 0.15) is 0 Å². The lowest BCUT2D eigenvalue weighted by atomic mass is 9.97. The number of nitrogens with zero attached hydrogens (tertiary/aromatic N) is 1. The summed E-state index contributed by atoms with van der Waals surface area (Å²) in [6.07, 6.45) is 1.06. The Morgan fingerprint density at radius 1 is 0.667 bits per heavy atom. The maximum Gasteiger partial charge on any atom is 0.0559 e. The second kappa shape index (κ2) is 4.85. The quantitative estimate of drug-likeness (QED) is 0.256. The minimum atomic E-state index is 1.06. The minimum Gasteiger partial charge on any atom is -0.347 e. The summed E-state index contributed by atoms with van der Waals surface area (Å²) >= 11 is 0. The van der Waals surface area contributed by atoms with E-state index < -0.39 is 0 Å². The SMILES string of the molecule is CCc1cc2ccc3c4cc5ccccc5cc4ccc3c2n1C. The van der Waals surface area contributed by atoms with Crippen LogP contribution >= 0.6 is 0 Å². The molecule has 0 atom stereocenters. The zero-order chi connectivity index (χ0) is 16.3. The molecule has 1 aromatic heterocycles. The summed E-state index contributed by atoms with van der Waals surface area (Å²) in [6, 6.07) is 24.7. The van der Waals surface area contributed by atoms with Crippen LogP contribution in [0, 0.1) is 0 Å². The molecule has 1 heteroatoms. The van der Waals surface area contributed by atoms with Crippen LogP contribution in [-0.2, 0) is 13.5 Å². The predicted molar refractivity (Wildman–Crippen MR) is 105 cm³/mol. The van der Waals surface area contributed by atoms with Crippen molar-refractivity contribution in [2.45, 2.75) is 13.3 Å². The van der Waals surface area contributed by atoms with Gasteiger partial charge in [0.25, 0.3) is 0 Å². The van der Waals surface area contributed by atoms with Gasteiger partial charge in [-0.3, -0.25) is 0 Å². The lowest BCUT2D eigenvalue weighted by molar-refractivity contribution is 0.868. The van der Waals surface area contributed by atoms with E-state index in [0.29, 0.717) is 0 Å². The summed E-state index contributed by atoms with van der Waals surface area (Å²) in [7, 11) is 2.19. The normalized spacial score (nSPS) is 11.9. The van der Waals surface area contributed by atoms with E-state index in [1.54, 1.807) is 0 Å². The monoisotopic (exact) mass is 309 g/mol. The molecular formula is C23H19N. The third-order valence-corrected chi connectivity index (χ3v) is 5.34. The van der Waals surface area contributed by atoms with Crippen molar-refractivity contribution in [2.75, 3.05) is 0 Å². The Labute approximate surface area is 141 Å². The van der Waals surface area contributed by atoms with Gasteiger partial charge < -0.3 is 4.57 Å². The Hall–Kier alpha value is -2.80. The molecule has 0 aliphatic carbocycles. The van der Waals surface area contributed by atoms with Crippen molar-refractivity contribution < 1.29 is 0 Å². The third-order valence-electron chi connectivity index (χ3n) is 5.34. The van der Waals surface area contributed by atoms with Crippen LogP contribution in [0.15, 0.2) is 66.7 Å². The van der Waals surface area contributed by atoms with Gasteiger partial charge in [-0.05, 0) is 51.6 Å². The van der Waals surface area contributed by atoms with Gasteiger partial charge in [0.2, 0.25) is 0 Å². The van der Waals surface area contributed by atoms with Crippen molar-refractivity contribution in [2.24, 2.45) is 7.05 Å². The molecule has 0 amide bonds. The first-order chi connectivity index (χ1) is 11.8. The molecule has 0 radical (unpaired) electrons. The fraction of sp³-hybridized carbons (Fsp3) is 0.130. The highest BCUT2D eigenvalue weighted by atomic mass is 14.9. The van der Waals surface area contributed by atoms with Crippen molar-refractivity contribution in [1.29, 1.82) is 0 Å². The fourth-order valence-electron chi connectivity index (χ4n) is 4.08. The average Bonchev–Trinajstić information content (AvgIpc) is 2.96. The third kappa shape index (κ3) is 1.75. The first-order valence-electron chi connectivity index (χ1n) is 8.59. The molecular weight excluding hydrogens is 290 g/mol. The van der Waals surface area contributed by atoms with E-state index in [1.807, 2.05) is 0 Å². The smallest absolute Gasteiger partial charge is 0.0559 e. The maximum absolute atomic E-state index is 2.35. The van der Waals surface area contributed by atoms with Crippen LogP contribution in [0.1, 0.15) is 12.6 Å². The summed E-state index contributed by atoms with van der Waals surface area (Å²) in [5.41, 5.74) is 2.73. The second-order valence-corrected chi connectivity index (χ2v) is 6.63. The number of fused-ring (bicyclic) bond motifs is 6. The van der Waals surface area contributed by atoms with Gasteiger partial charge in [-0.15, -0.1) is 0 Å². The molecule has 0 unspecified atom stereocenters. The standard InChI is InChI=1S/C23H19N/c1-3-19-13-18-9-10-20-21(23(18)24(19)2)11-8-17-12-15-6-4-5-7-16(15)14-22(17)20/h4-14H,3H2,1-2H3. The van der Waals surface area contributed by atoms with Gasteiger partial charge in [-0.2, -0.15) is 0 Å². The first-order valence-corrected chi connectivity index (χ1v) is 8.59. The lowest BCUT2D eigenvalue weighted by Crippen LogP contribution is -1.94. The maximum atomic E-state index is 2.35. The Kier molecular flexibility index (Phi) is 2.75. The van der Waals surface area contributed by atoms with E-state index in [0.717, 1.165) is 6.42 Å². The molecule has 0 saturated carbocycles. The van der Waals surface area contributed by atoms with E-state index in [1.165, 1.54) is 48.9 Å². The summed E-state index contributed by atoms with van der Waals surface area (Å²) in [5, 5.41) is 9.28. The molecule has 0 aliphatic rings. The largest absolute Gasteiger partial charge is 0.347 e. The highest BCUT2D eigenvalue weighted by Gasteiger charge is 2.10. The molecule has 24 heavy (non-hydrogen) atoms. The van der Waals surface area contributed by atoms with Gasteiger partial charge in [-0.1, -0.05) is 55.5 Å². The molecule has 116 valence electrons. The van der Waals surface area contributed by atoms with Crippen molar-refractivity contribution in [3.05, 3.63) is 72.4 Å². The van der Waals surface area contributed by atoms with Crippen molar-refractivity contribution >= 4 is 43.2 Å². The lowest BCUT2D eigenvalue weighted by Gasteiger charge is -2.09. The van der Waals surface area contributed by atoms with Gasteiger partial charge in [0.05, 0.1) is 5.52 Å². The van der Waals surface area contributed by atoms with Crippen LogP contribution in [0.5, 0.6) is 0 Å². The van der Waals surface area contributed by atoms with E-state index in [9.17, 15) is 0 Å². The number of aromatic nitrogens is 1. The number of hydrogen-bond donors (Lipinski definition) is 0. The zero-order valence-electron chi connectivity index (χ0n) is 14.0. The summed E-state index contributed by atoms with van der Waals surface area (Å²) < 4.78 is 2.35. The van der Waals surface area contributed by atoms with Crippen LogP contribution in [0.4, 0.5) is 0 Å². The zero-order valence-corrected chi connectivity index (χ0v) is 14.0. The van der Waals surface area contributed by atoms with Crippen LogP contribution < -0.4 is 0 Å². The van der Waals surface area contributed by atoms with Gasteiger partial charge in [-0.25, -0.2) is 0 Å². The molecule has 5 rings (SSSR count). The van der Waals surface area contributed by atoms with Crippen molar-refractivity contribution in [1.82, 2.24) is 4.57 Å². The van der Waals surface area contributed by atoms with E-state index in [4.69, 9.17) is 0 Å². The molecule has 0 aliphatic heterocycles. The number of rotatable bonds is 1. The van der Waals surface area contributed by atoms with Gasteiger partial charge in [0.15, 0.2) is 0 Å². The summed E-state index contributed by atoms with van der Waals surface area (Å²) in [6.45, 7) is 2.22. The average molecular weight is 309 g/mol. The first kappa shape index (κ1) is 13.6.